The van der Waals surface area contributed by atoms with Gasteiger partial charge in [-0.05, 0) is 62.6 Å². The van der Waals surface area contributed by atoms with Gasteiger partial charge in [0, 0.05) is 41.4 Å². The number of fused-ring (bicyclic) bond motifs is 6. The van der Waals surface area contributed by atoms with Gasteiger partial charge in [-0.2, -0.15) is 5.26 Å². The first-order valence-electron chi connectivity index (χ1n) is 15.1. The minimum Gasteiger partial charge on any atom is -0.508 e. The van der Waals surface area contributed by atoms with Gasteiger partial charge in [-0.25, -0.2) is 0 Å². The number of hydrogen-bond acceptors (Lipinski definition) is 9. The Labute approximate surface area is 263 Å². The molecule has 5 atom stereocenters. The van der Waals surface area contributed by atoms with Crippen molar-refractivity contribution in [2.45, 2.75) is 56.9 Å². The summed E-state index contributed by atoms with van der Waals surface area (Å²) in [5.74, 6) is 0.768. The molecular weight excluding hydrogens is 572 g/mol. The fourth-order valence-corrected chi connectivity index (χ4v) is 7.54. The Morgan fingerprint density at radius 3 is 2.69 bits per heavy atom. The highest BCUT2D eigenvalue weighted by molar-refractivity contribution is 5.91. The van der Waals surface area contributed by atoms with Crippen LogP contribution in [0.25, 0.3) is 6.08 Å². The van der Waals surface area contributed by atoms with E-state index in [4.69, 9.17) is 14.2 Å². The van der Waals surface area contributed by atoms with Crippen LogP contribution in [-0.2, 0) is 20.7 Å². The summed E-state index contributed by atoms with van der Waals surface area (Å²) in [6.45, 7) is 3.83. The molecule has 0 aromatic heterocycles. The van der Waals surface area contributed by atoms with E-state index in [0.717, 1.165) is 22.3 Å². The molecule has 45 heavy (non-hydrogen) atoms. The molecule has 4 aliphatic rings. The molecule has 1 amide bonds. The van der Waals surface area contributed by atoms with E-state index in [1.54, 1.807) is 26.2 Å². The van der Waals surface area contributed by atoms with E-state index in [0.29, 0.717) is 35.5 Å². The van der Waals surface area contributed by atoms with Crippen molar-refractivity contribution in [1.82, 2.24) is 15.1 Å². The molecule has 3 N–H and O–H groups in total. The van der Waals surface area contributed by atoms with E-state index >= 15 is 0 Å². The molecule has 1 fully saturated rings. The number of nitrogens with zero attached hydrogens (tertiary/aromatic N) is 3. The number of aliphatic hydroxyl groups is 1. The Kier molecular flexibility index (Phi) is 8.32. The van der Waals surface area contributed by atoms with E-state index in [9.17, 15) is 20.3 Å². The molecule has 0 spiro atoms. The van der Waals surface area contributed by atoms with Crippen molar-refractivity contribution < 1.29 is 29.2 Å². The van der Waals surface area contributed by atoms with Crippen LogP contribution in [-0.4, -0.2) is 77.6 Å². The number of nitrogens with one attached hydrogen (secondary N) is 1. The summed E-state index contributed by atoms with van der Waals surface area (Å²) in [4.78, 5) is 17.5. The smallest absolute Gasteiger partial charge is 0.244 e. The van der Waals surface area contributed by atoms with E-state index in [1.807, 2.05) is 50.4 Å². The largest absolute Gasteiger partial charge is 0.508 e. The summed E-state index contributed by atoms with van der Waals surface area (Å²) in [6.07, 6.45) is 7.30. The van der Waals surface area contributed by atoms with Crippen LogP contribution in [0.5, 0.6) is 11.5 Å². The Hall–Kier alpha value is -4.72. The molecule has 0 saturated carbocycles. The number of methoxy groups -OCH3 is 1. The SMILES string of the molecule is C/C=C(\O)C1=C(C2=COCO2)[C@H](CNC(=O)/C=C/c2ccccc2)N2C(C1)[C@H]1c3c(cc(C)c(OC)c3O)C[C@@H]([C@@H]2C#N)N1C. The zero-order valence-electron chi connectivity index (χ0n) is 25.9. The number of rotatable bonds is 7. The maximum absolute atomic E-state index is 13.1. The number of aryl methyl sites for hydroxylation is 1. The van der Waals surface area contributed by atoms with E-state index < -0.39 is 12.1 Å². The van der Waals surface area contributed by atoms with E-state index in [2.05, 4.69) is 21.2 Å². The lowest BCUT2D eigenvalue weighted by molar-refractivity contribution is -0.117. The molecule has 1 unspecified atom stereocenters. The van der Waals surface area contributed by atoms with Gasteiger partial charge >= 0.3 is 0 Å². The summed E-state index contributed by atoms with van der Waals surface area (Å²) < 4.78 is 16.9. The van der Waals surface area contributed by atoms with Crippen LogP contribution in [0.3, 0.4) is 0 Å². The lowest BCUT2D eigenvalue weighted by Crippen LogP contribution is -2.70. The third-order valence-corrected chi connectivity index (χ3v) is 9.47. The number of amides is 1. The van der Waals surface area contributed by atoms with E-state index in [-0.39, 0.29) is 48.9 Å². The van der Waals surface area contributed by atoms with Crippen LogP contribution in [0.4, 0.5) is 0 Å². The van der Waals surface area contributed by atoms with Crippen molar-refractivity contribution in [2.24, 2.45) is 0 Å². The van der Waals surface area contributed by atoms with Crippen molar-refractivity contribution >= 4 is 12.0 Å². The van der Waals surface area contributed by atoms with Crippen LogP contribution in [0.1, 0.15) is 41.6 Å². The molecule has 0 radical (unpaired) electrons. The minimum atomic E-state index is -0.567. The van der Waals surface area contributed by atoms with Gasteiger partial charge in [0.2, 0.25) is 12.7 Å². The number of aliphatic hydroxyl groups excluding tert-OH is 1. The Morgan fingerprint density at radius 2 is 2.02 bits per heavy atom. The Morgan fingerprint density at radius 1 is 1.24 bits per heavy atom. The molecular formula is C35H38N4O6. The number of ether oxygens (including phenoxy) is 3. The second kappa shape index (κ2) is 12.3. The zero-order chi connectivity index (χ0) is 31.8. The van der Waals surface area contributed by atoms with Crippen LogP contribution in [0.2, 0.25) is 0 Å². The normalized spacial score (nSPS) is 26.3. The van der Waals surface area contributed by atoms with Crippen LogP contribution < -0.4 is 10.1 Å². The van der Waals surface area contributed by atoms with Gasteiger partial charge in [-0.1, -0.05) is 36.4 Å². The molecule has 0 aliphatic carbocycles. The van der Waals surface area contributed by atoms with Gasteiger partial charge in [0.05, 0.1) is 25.3 Å². The number of carbonyl (C=O) groups is 1. The molecule has 234 valence electrons. The number of nitriles is 1. The Balaban J connectivity index is 1.47. The lowest BCUT2D eigenvalue weighted by atomic mass is 9.71. The van der Waals surface area contributed by atoms with Crippen molar-refractivity contribution in [3.05, 3.63) is 99.7 Å². The number of carbonyl (C=O) groups excluding carboxylic acids is 1. The predicted octanol–water partition coefficient (Wildman–Crippen LogP) is 4.39. The number of likely N-dealkylation sites (N-methyl/N-ethyl adjacent to an activating group) is 1. The molecule has 1 saturated heterocycles. The summed E-state index contributed by atoms with van der Waals surface area (Å²) in [5, 5.41) is 36.7. The maximum atomic E-state index is 13.1. The van der Waals surface area contributed by atoms with Gasteiger partial charge in [-0.15, -0.1) is 0 Å². The molecule has 6 rings (SSSR count). The van der Waals surface area contributed by atoms with Crippen LogP contribution in [0.15, 0.2) is 77.5 Å². The quantitative estimate of drug-likeness (QED) is 0.309. The van der Waals surface area contributed by atoms with Crippen molar-refractivity contribution in [3.63, 3.8) is 0 Å². The molecule has 2 bridgehead atoms. The number of phenolic OH excluding ortho intramolecular Hbond substituents is 1. The zero-order valence-corrected chi connectivity index (χ0v) is 25.9. The summed E-state index contributed by atoms with van der Waals surface area (Å²) in [5.41, 5.74) is 4.78. The predicted molar refractivity (Wildman–Crippen MR) is 168 cm³/mol. The van der Waals surface area contributed by atoms with Gasteiger partial charge in [0.1, 0.15) is 18.1 Å². The fourth-order valence-electron chi connectivity index (χ4n) is 7.54. The third-order valence-electron chi connectivity index (χ3n) is 9.47. The Bertz CT molecular complexity index is 1660. The molecule has 10 nitrogen and oxygen atoms in total. The van der Waals surface area contributed by atoms with Gasteiger partial charge in [0.25, 0.3) is 0 Å². The van der Waals surface area contributed by atoms with Crippen molar-refractivity contribution in [3.8, 4) is 17.6 Å². The monoisotopic (exact) mass is 610 g/mol. The summed E-state index contributed by atoms with van der Waals surface area (Å²) in [7, 11) is 3.53. The second-order valence-corrected chi connectivity index (χ2v) is 11.8. The average molecular weight is 611 g/mol. The highest BCUT2D eigenvalue weighted by atomic mass is 16.7. The number of hydrogen-bond donors (Lipinski definition) is 3. The first kappa shape index (κ1) is 30.3. The topological polar surface area (TPSA) is 128 Å². The number of phenols is 1. The average Bonchev–Trinajstić information content (AvgIpc) is 3.58. The van der Waals surface area contributed by atoms with Gasteiger partial charge in [-0.3, -0.25) is 14.6 Å². The first-order chi connectivity index (χ1) is 21.8. The van der Waals surface area contributed by atoms with E-state index in [1.165, 1.54) is 12.3 Å². The highest BCUT2D eigenvalue weighted by Gasteiger charge is 2.56. The second-order valence-electron chi connectivity index (χ2n) is 11.8. The van der Waals surface area contributed by atoms with Gasteiger partial charge < -0.3 is 29.7 Å². The minimum absolute atomic E-state index is 0.0289. The van der Waals surface area contributed by atoms with Crippen molar-refractivity contribution in [2.75, 3.05) is 27.5 Å². The van der Waals surface area contributed by atoms with Gasteiger partial charge in [0.15, 0.2) is 17.3 Å². The summed E-state index contributed by atoms with van der Waals surface area (Å²) in [6, 6.07) is 12.2. The third kappa shape index (κ3) is 5.22. The molecule has 10 heteroatoms. The molecule has 4 aliphatic heterocycles. The van der Waals surface area contributed by atoms with Crippen LogP contribution in [0, 0.1) is 18.3 Å². The van der Waals surface area contributed by atoms with Crippen LogP contribution >= 0.6 is 0 Å². The lowest BCUT2D eigenvalue weighted by Gasteiger charge is -2.60. The molecule has 2 aromatic rings. The number of allylic oxidation sites excluding steroid dienone is 2. The first-order valence-corrected chi connectivity index (χ1v) is 15.1. The number of aromatic hydroxyl groups is 1. The maximum Gasteiger partial charge on any atom is 0.244 e. The molecule has 4 heterocycles. The number of piperazine rings is 1. The standard InChI is InChI=1S/C35H38N4O6/c1-5-28(40)23-15-25-33-31-22(13-20(2)35(43-4)34(31)42)14-24(38(33)3)26(16-36)39(25)27(32(23)29-18-44-19-45-29)17-37-30(41)12-11-21-9-7-6-8-10-21/h5-13,18,24-27,33,40,42H,14-15,17,19H2,1-4H3,(H,37,41)/b12-11+,28-5-/t24-,25?,26-,27-,33-/m0/s1. The molecule has 2 aromatic carbocycles. The fraction of sp³-hybridized carbons (Fsp3) is 0.371. The number of benzene rings is 2. The van der Waals surface area contributed by atoms with Crippen molar-refractivity contribution in [1.29, 1.82) is 5.26 Å². The highest BCUT2D eigenvalue weighted by Crippen LogP contribution is 2.54. The summed E-state index contributed by atoms with van der Waals surface area (Å²) >= 11 is 0.